The standard InChI is InChI=1S/C17H22O2/c1-11-7-12(2)9-13(8-11)17(18)15-10-19-16-6-4-3-5-14(15)16/h3-6,10-13,17-18H,7-9H2,1-2H3. The zero-order valence-electron chi connectivity index (χ0n) is 11.7. The van der Waals surface area contributed by atoms with Crippen molar-refractivity contribution in [2.24, 2.45) is 17.8 Å². The number of hydrogen-bond donors (Lipinski definition) is 1. The summed E-state index contributed by atoms with van der Waals surface area (Å²) in [4.78, 5) is 0. The molecule has 1 N–H and O–H groups in total. The Bertz CT molecular complexity index is 547. The Morgan fingerprint density at radius 1 is 1.11 bits per heavy atom. The first-order chi connectivity index (χ1) is 9.15. The lowest BCUT2D eigenvalue weighted by Gasteiger charge is -2.34. The Hall–Kier alpha value is -1.28. The first kappa shape index (κ1) is 12.7. The molecule has 1 saturated carbocycles. The molecule has 1 aromatic heterocycles. The molecule has 1 aliphatic rings. The van der Waals surface area contributed by atoms with Crippen molar-refractivity contribution in [1.82, 2.24) is 0 Å². The van der Waals surface area contributed by atoms with E-state index in [2.05, 4.69) is 13.8 Å². The van der Waals surface area contributed by atoms with Gasteiger partial charge in [0.25, 0.3) is 0 Å². The minimum absolute atomic E-state index is 0.361. The fourth-order valence-corrected chi connectivity index (χ4v) is 3.75. The number of hydrogen-bond acceptors (Lipinski definition) is 2. The van der Waals surface area contributed by atoms with Crippen LogP contribution in [0, 0.1) is 17.8 Å². The lowest BCUT2D eigenvalue weighted by Crippen LogP contribution is -2.24. The zero-order valence-corrected chi connectivity index (χ0v) is 11.7. The third-order valence-corrected chi connectivity index (χ3v) is 4.49. The van der Waals surface area contributed by atoms with Crippen LogP contribution >= 0.6 is 0 Å². The fraction of sp³-hybridized carbons (Fsp3) is 0.529. The topological polar surface area (TPSA) is 33.4 Å². The number of para-hydroxylation sites is 1. The summed E-state index contributed by atoms with van der Waals surface area (Å²) in [7, 11) is 0. The van der Waals surface area contributed by atoms with Crippen LogP contribution in [-0.2, 0) is 0 Å². The van der Waals surface area contributed by atoms with Crippen molar-refractivity contribution in [1.29, 1.82) is 0 Å². The SMILES string of the molecule is CC1CC(C)CC(C(O)c2coc3ccccc23)C1. The predicted octanol–water partition coefficient (Wildman–Crippen LogP) is 4.54. The molecule has 3 atom stereocenters. The van der Waals surface area contributed by atoms with Crippen LogP contribution in [0.1, 0.15) is 44.8 Å². The van der Waals surface area contributed by atoms with Crippen molar-refractivity contribution in [3.05, 3.63) is 36.1 Å². The number of aliphatic hydroxyl groups is 1. The highest BCUT2D eigenvalue weighted by atomic mass is 16.3. The molecule has 2 aromatic rings. The van der Waals surface area contributed by atoms with E-state index < -0.39 is 6.10 Å². The summed E-state index contributed by atoms with van der Waals surface area (Å²) in [6, 6.07) is 7.96. The molecule has 0 bridgehead atoms. The molecule has 3 unspecified atom stereocenters. The molecule has 2 heteroatoms. The highest BCUT2D eigenvalue weighted by molar-refractivity contribution is 5.81. The first-order valence-electron chi connectivity index (χ1n) is 7.29. The van der Waals surface area contributed by atoms with Gasteiger partial charge in [0.2, 0.25) is 0 Å². The summed E-state index contributed by atoms with van der Waals surface area (Å²) in [5, 5.41) is 11.8. The summed E-state index contributed by atoms with van der Waals surface area (Å²) in [5.74, 6) is 1.78. The van der Waals surface area contributed by atoms with E-state index in [4.69, 9.17) is 4.42 Å². The molecule has 0 aliphatic heterocycles. The Kier molecular flexibility index (Phi) is 3.36. The minimum Gasteiger partial charge on any atom is -0.464 e. The number of fused-ring (bicyclic) bond motifs is 1. The Labute approximate surface area is 114 Å². The Morgan fingerprint density at radius 3 is 2.53 bits per heavy atom. The molecule has 1 heterocycles. The second-order valence-corrected chi connectivity index (χ2v) is 6.31. The van der Waals surface area contributed by atoms with Crippen LogP contribution in [0.3, 0.4) is 0 Å². The molecule has 1 aromatic carbocycles. The monoisotopic (exact) mass is 258 g/mol. The van der Waals surface area contributed by atoms with Crippen molar-refractivity contribution in [2.45, 2.75) is 39.2 Å². The molecule has 3 rings (SSSR count). The van der Waals surface area contributed by atoms with E-state index in [-0.39, 0.29) is 0 Å². The highest BCUT2D eigenvalue weighted by Crippen LogP contribution is 2.41. The van der Waals surface area contributed by atoms with Crippen LogP contribution < -0.4 is 0 Å². The summed E-state index contributed by atoms with van der Waals surface area (Å²) < 4.78 is 5.55. The maximum Gasteiger partial charge on any atom is 0.134 e. The predicted molar refractivity (Wildman–Crippen MR) is 76.8 cm³/mol. The van der Waals surface area contributed by atoms with Crippen LogP contribution in [-0.4, -0.2) is 5.11 Å². The average Bonchev–Trinajstić information content (AvgIpc) is 2.80. The van der Waals surface area contributed by atoms with Crippen molar-refractivity contribution >= 4 is 11.0 Å². The van der Waals surface area contributed by atoms with Gasteiger partial charge in [-0.15, -0.1) is 0 Å². The average molecular weight is 258 g/mol. The van der Waals surface area contributed by atoms with Crippen LogP contribution in [0.25, 0.3) is 11.0 Å². The molecular formula is C17H22O2. The van der Waals surface area contributed by atoms with Crippen molar-refractivity contribution in [3.8, 4) is 0 Å². The van der Waals surface area contributed by atoms with Gasteiger partial charge in [-0.2, -0.15) is 0 Å². The number of aliphatic hydroxyl groups excluding tert-OH is 1. The summed E-state index contributed by atoms with van der Waals surface area (Å²) in [6.45, 7) is 4.59. The van der Waals surface area contributed by atoms with Gasteiger partial charge in [-0.1, -0.05) is 32.0 Å². The third-order valence-electron chi connectivity index (χ3n) is 4.49. The number of furan rings is 1. The largest absolute Gasteiger partial charge is 0.464 e. The van der Waals surface area contributed by atoms with Crippen molar-refractivity contribution in [2.75, 3.05) is 0 Å². The molecule has 0 saturated heterocycles. The molecule has 2 nitrogen and oxygen atoms in total. The molecule has 1 aliphatic carbocycles. The van der Waals surface area contributed by atoms with E-state index in [0.29, 0.717) is 17.8 Å². The van der Waals surface area contributed by atoms with E-state index in [1.54, 1.807) is 6.26 Å². The van der Waals surface area contributed by atoms with Crippen LogP contribution in [0.5, 0.6) is 0 Å². The van der Waals surface area contributed by atoms with Crippen LogP contribution in [0.2, 0.25) is 0 Å². The second kappa shape index (κ2) is 5.01. The first-order valence-corrected chi connectivity index (χ1v) is 7.29. The minimum atomic E-state index is -0.395. The summed E-state index contributed by atoms with van der Waals surface area (Å²) in [5.41, 5.74) is 1.83. The van der Waals surface area contributed by atoms with Gasteiger partial charge in [-0.25, -0.2) is 0 Å². The Morgan fingerprint density at radius 2 is 1.79 bits per heavy atom. The van der Waals surface area contributed by atoms with E-state index in [1.165, 1.54) is 6.42 Å². The van der Waals surface area contributed by atoms with Gasteiger partial charge in [-0.3, -0.25) is 0 Å². The molecular weight excluding hydrogens is 236 g/mol. The van der Waals surface area contributed by atoms with E-state index in [0.717, 1.165) is 29.4 Å². The third kappa shape index (κ3) is 2.42. The fourth-order valence-electron chi connectivity index (χ4n) is 3.75. The zero-order chi connectivity index (χ0) is 13.4. The normalized spacial score (nSPS) is 29.5. The van der Waals surface area contributed by atoms with Gasteiger partial charge >= 0.3 is 0 Å². The van der Waals surface area contributed by atoms with Crippen LogP contribution in [0.4, 0.5) is 0 Å². The number of benzene rings is 1. The maximum absolute atomic E-state index is 10.7. The maximum atomic E-state index is 10.7. The smallest absolute Gasteiger partial charge is 0.134 e. The quantitative estimate of drug-likeness (QED) is 0.858. The summed E-state index contributed by atoms with van der Waals surface area (Å²) >= 11 is 0. The van der Waals surface area contributed by atoms with Gasteiger partial charge in [0.05, 0.1) is 12.4 Å². The molecule has 0 radical (unpaired) electrons. The van der Waals surface area contributed by atoms with E-state index in [1.807, 2.05) is 24.3 Å². The van der Waals surface area contributed by atoms with Gasteiger partial charge < -0.3 is 9.52 Å². The van der Waals surface area contributed by atoms with Gasteiger partial charge in [0, 0.05) is 10.9 Å². The van der Waals surface area contributed by atoms with Gasteiger partial charge in [-0.05, 0) is 43.1 Å². The van der Waals surface area contributed by atoms with Gasteiger partial charge in [0.15, 0.2) is 0 Å². The lowest BCUT2D eigenvalue weighted by atomic mass is 9.73. The Balaban J connectivity index is 1.89. The molecule has 0 spiro atoms. The molecule has 19 heavy (non-hydrogen) atoms. The highest BCUT2D eigenvalue weighted by Gasteiger charge is 2.31. The van der Waals surface area contributed by atoms with Crippen molar-refractivity contribution < 1.29 is 9.52 Å². The molecule has 1 fully saturated rings. The lowest BCUT2D eigenvalue weighted by molar-refractivity contribution is 0.0556. The molecule has 102 valence electrons. The van der Waals surface area contributed by atoms with Crippen LogP contribution in [0.15, 0.2) is 34.9 Å². The number of rotatable bonds is 2. The van der Waals surface area contributed by atoms with E-state index >= 15 is 0 Å². The summed E-state index contributed by atoms with van der Waals surface area (Å²) in [6.07, 6.45) is 4.86. The van der Waals surface area contributed by atoms with Crippen molar-refractivity contribution in [3.63, 3.8) is 0 Å². The van der Waals surface area contributed by atoms with Gasteiger partial charge in [0.1, 0.15) is 5.58 Å². The second-order valence-electron chi connectivity index (χ2n) is 6.31. The van der Waals surface area contributed by atoms with E-state index in [9.17, 15) is 5.11 Å². The molecule has 0 amide bonds.